The summed E-state index contributed by atoms with van der Waals surface area (Å²) in [6, 6.07) is 0. The molecule has 1 aliphatic carbocycles. The van der Waals surface area contributed by atoms with E-state index in [4.69, 9.17) is 0 Å². The molecule has 0 N–H and O–H groups in total. The lowest BCUT2D eigenvalue weighted by molar-refractivity contribution is -0.161. The fourth-order valence-electron chi connectivity index (χ4n) is 1.33. The highest BCUT2D eigenvalue weighted by molar-refractivity contribution is 5.77. The molecule has 0 heterocycles. The Morgan fingerprint density at radius 3 is 2.50 bits per heavy atom. The molecule has 0 atom stereocenters. The van der Waals surface area contributed by atoms with Gasteiger partial charge in [-0.15, -0.1) is 0 Å². The Balaban J connectivity index is 2.48. The Kier molecular flexibility index (Phi) is 1.67. The van der Waals surface area contributed by atoms with E-state index in [1.807, 2.05) is 0 Å². The van der Waals surface area contributed by atoms with Crippen molar-refractivity contribution < 1.29 is 13.9 Å². The molecule has 10 heavy (non-hydrogen) atoms. The number of hydrogen-bond donors (Lipinski definition) is 0. The van der Waals surface area contributed by atoms with Crippen molar-refractivity contribution in [2.45, 2.75) is 25.9 Å². The summed E-state index contributed by atoms with van der Waals surface area (Å²) in [4.78, 5) is 10.9. The van der Waals surface area contributed by atoms with Crippen LogP contribution < -0.4 is 0 Å². The van der Waals surface area contributed by atoms with E-state index in [2.05, 4.69) is 4.74 Å². The van der Waals surface area contributed by atoms with Crippen LogP contribution in [0.1, 0.15) is 19.8 Å². The summed E-state index contributed by atoms with van der Waals surface area (Å²) in [5.41, 5.74) is -0.534. The molecule has 0 bridgehead atoms. The third-order valence-corrected chi connectivity index (χ3v) is 2.02. The second-order valence-corrected chi connectivity index (χ2v) is 3.06. The van der Waals surface area contributed by atoms with Crippen molar-refractivity contribution in [2.24, 2.45) is 5.41 Å². The zero-order valence-electron chi connectivity index (χ0n) is 6.19. The van der Waals surface area contributed by atoms with Gasteiger partial charge in [-0.2, -0.15) is 0 Å². The lowest BCUT2D eigenvalue weighted by atomic mass is 9.69. The van der Waals surface area contributed by atoms with Crippen LogP contribution in [0.15, 0.2) is 0 Å². The number of ether oxygens (including phenoxy) is 1. The summed E-state index contributed by atoms with van der Waals surface area (Å²) in [5, 5.41) is 0. The molecule has 0 radical (unpaired) electrons. The first-order chi connectivity index (χ1) is 4.58. The first-order valence-corrected chi connectivity index (χ1v) is 3.31. The van der Waals surface area contributed by atoms with Gasteiger partial charge in [0.1, 0.15) is 6.17 Å². The van der Waals surface area contributed by atoms with E-state index in [0.29, 0.717) is 12.8 Å². The van der Waals surface area contributed by atoms with Gasteiger partial charge in [0, 0.05) is 0 Å². The molecule has 0 aliphatic heterocycles. The monoisotopic (exact) mass is 145 g/mol. The number of alkyl halides is 1. The molecule has 58 valence electrons. The minimum atomic E-state index is -0.802. The van der Waals surface area contributed by atoms with Gasteiger partial charge in [-0.25, -0.2) is 4.39 Å². The Bertz CT molecular complexity index is 150. The predicted molar refractivity (Wildman–Crippen MR) is 34.3 cm³/mol. The Labute approximate surface area is 59.4 Å². The molecule has 0 spiro atoms. The van der Waals surface area contributed by atoms with Crippen molar-refractivity contribution in [1.82, 2.24) is 0 Å². The van der Waals surface area contributed by atoms with Crippen LogP contribution >= 0.6 is 0 Å². The Morgan fingerprint density at radius 1 is 1.70 bits per heavy atom. The molecule has 3 heteroatoms. The van der Waals surface area contributed by atoms with Gasteiger partial charge in [0.2, 0.25) is 0 Å². The average molecular weight is 145 g/mol. The highest BCUT2D eigenvalue weighted by Gasteiger charge is 2.47. The van der Waals surface area contributed by atoms with E-state index in [-0.39, 0.29) is 5.97 Å². The maximum absolute atomic E-state index is 12.3. The van der Waals surface area contributed by atoms with Gasteiger partial charge >= 0.3 is 5.97 Å². The Morgan fingerprint density at radius 2 is 2.20 bits per heavy atom. The van der Waals surface area contributed by atoms with Crippen LogP contribution in [0.4, 0.5) is 4.39 Å². The lowest BCUT2D eigenvalue weighted by Crippen LogP contribution is -2.43. The van der Waals surface area contributed by atoms with Gasteiger partial charge in [0.25, 0.3) is 0 Å². The van der Waals surface area contributed by atoms with Crippen molar-refractivity contribution in [1.29, 1.82) is 0 Å². The number of halogens is 1. The molecule has 0 aromatic heterocycles. The molecule has 1 saturated carbocycles. The van der Waals surface area contributed by atoms with Gasteiger partial charge < -0.3 is 4.74 Å². The van der Waals surface area contributed by atoms with Crippen molar-refractivity contribution in [3.63, 3.8) is 0 Å². The molecule has 1 aliphatic rings. The maximum Gasteiger partial charge on any atom is 0.311 e. The van der Waals surface area contributed by atoms with E-state index in [1.54, 1.807) is 6.92 Å². The third kappa shape index (κ3) is 1.00. The predicted octanol–water partition coefficient (Wildman–Crippen LogP) is 1.30. The lowest BCUT2D eigenvalue weighted by Gasteiger charge is -2.37. The third-order valence-electron chi connectivity index (χ3n) is 2.02. The van der Waals surface area contributed by atoms with E-state index in [1.165, 1.54) is 7.11 Å². The zero-order chi connectivity index (χ0) is 7.78. The van der Waals surface area contributed by atoms with Crippen LogP contribution in [0.5, 0.6) is 0 Å². The molecular formula is C7H11FO2. The second-order valence-electron chi connectivity index (χ2n) is 3.06. The smallest absolute Gasteiger partial charge is 0.311 e. The molecule has 0 aromatic rings. The van der Waals surface area contributed by atoms with Crippen molar-refractivity contribution in [2.75, 3.05) is 7.11 Å². The second kappa shape index (κ2) is 2.22. The fraction of sp³-hybridized carbons (Fsp3) is 0.857. The summed E-state index contributed by atoms with van der Waals surface area (Å²) in [5.74, 6) is -0.290. The van der Waals surface area contributed by atoms with Gasteiger partial charge in [-0.1, -0.05) is 0 Å². The van der Waals surface area contributed by atoms with Crippen molar-refractivity contribution >= 4 is 5.97 Å². The zero-order valence-corrected chi connectivity index (χ0v) is 6.19. The fourth-order valence-corrected chi connectivity index (χ4v) is 1.33. The normalized spacial score (nSPS) is 38.5. The molecule has 0 amide bonds. The molecule has 1 rings (SSSR count). The van der Waals surface area contributed by atoms with Gasteiger partial charge in [0.15, 0.2) is 0 Å². The highest BCUT2D eigenvalue weighted by atomic mass is 18.2. The first-order valence-electron chi connectivity index (χ1n) is 3.31. The SMILES string of the molecule is COC(=O)C1(C)CC([18F])C1. The van der Waals surface area contributed by atoms with E-state index < -0.39 is 11.6 Å². The summed E-state index contributed by atoms with van der Waals surface area (Å²) in [7, 11) is 1.33. The summed E-state index contributed by atoms with van der Waals surface area (Å²) in [6.07, 6.45) is -0.164. The quantitative estimate of drug-likeness (QED) is 0.520. The van der Waals surface area contributed by atoms with Gasteiger partial charge in [-0.05, 0) is 19.8 Å². The number of carbonyl (C=O) groups is 1. The van der Waals surface area contributed by atoms with Crippen LogP contribution in [-0.2, 0) is 9.53 Å². The minimum Gasteiger partial charge on any atom is -0.469 e. The standard InChI is InChI=1S/C7H11FO2/c1-7(6(9)10-2)3-5(8)4-7/h5H,3-4H2,1-2H3/i8-1. The van der Waals surface area contributed by atoms with E-state index in [9.17, 15) is 9.18 Å². The molecule has 1 fully saturated rings. The maximum atomic E-state index is 12.3. The van der Waals surface area contributed by atoms with Gasteiger partial charge in [0.05, 0.1) is 12.5 Å². The van der Waals surface area contributed by atoms with Crippen LogP contribution in [0.2, 0.25) is 0 Å². The molecule has 0 unspecified atom stereocenters. The van der Waals surface area contributed by atoms with Crippen LogP contribution in [0, 0.1) is 5.41 Å². The van der Waals surface area contributed by atoms with Crippen LogP contribution in [0.25, 0.3) is 0 Å². The van der Waals surface area contributed by atoms with Gasteiger partial charge in [-0.3, -0.25) is 4.79 Å². The summed E-state index contributed by atoms with van der Waals surface area (Å²) in [6.45, 7) is 1.73. The summed E-state index contributed by atoms with van der Waals surface area (Å²) >= 11 is 0. The number of hydrogen-bond acceptors (Lipinski definition) is 2. The van der Waals surface area contributed by atoms with E-state index in [0.717, 1.165) is 0 Å². The molecular weight excluding hydrogens is 134 g/mol. The average Bonchev–Trinajstić information content (AvgIpc) is 1.83. The first kappa shape index (κ1) is 7.51. The molecule has 2 nitrogen and oxygen atoms in total. The van der Waals surface area contributed by atoms with Crippen LogP contribution in [-0.4, -0.2) is 19.3 Å². The Hall–Kier alpha value is -0.600. The minimum absolute atomic E-state index is 0.290. The van der Waals surface area contributed by atoms with Crippen molar-refractivity contribution in [3.8, 4) is 0 Å². The molecule has 0 saturated heterocycles. The number of methoxy groups -OCH3 is 1. The summed E-state index contributed by atoms with van der Waals surface area (Å²) < 4.78 is 16.8. The molecule has 0 aromatic carbocycles. The number of rotatable bonds is 1. The topological polar surface area (TPSA) is 26.3 Å². The highest BCUT2D eigenvalue weighted by Crippen LogP contribution is 2.43. The van der Waals surface area contributed by atoms with E-state index >= 15 is 0 Å². The largest absolute Gasteiger partial charge is 0.469 e. The number of carbonyl (C=O) groups excluding carboxylic acids is 1. The number of esters is 1. The van der Waals surface area contributed by atoms with Crippen molar-refractivity contribution in [3.05, 3.63) is 0 Å². The van der Waals surface area contributed by atoms with Crippen LogP contribution in [0.3, 0.4) is 0 Å².